The van der Waals surface area contributed by atoms with E-state index in [0.717, 1.165) is 19.3 Å². The lowest BCUT2D eigenvalue weighted by atomic mass is 9.85. The van der Waals surface area contributed by atoms with E-state index in [1.54, 1.807) is 44.2 Å². The molecule has 7 nitrogen and oxygen atoms in total. The summed E-state index contributed by atoms with van der Waals surface area (Å²) in [5, 5.41) is 11.1. The van der Waals surface area contributed by atoms with Crippen LogP contribution in [0, 0.1) is 29.9 Å². The lowest BCUT2D eigenvalue weighted by molar-refractivity contribution is -0.385. The Morgan fingerprint density at radius 3 is 2.54 bits per heavy atom. The van der Waals surface area contributed by atoms with Gasteiger partial charge in [0.05, 0.1) is 19.5 Å². The van der Waals surface area contributed by atoms with Gasteiger partial charge in [0.15, 0.2) is 0 Å². The van der Waals surface area contributed by atoms with Crippen molar-refractivity contribution in [1.29, 1.82) is 0 Å². The summed E-state index contributed by atoms with van der Waals surface area (Å²) in [5.74, 6) is 0.498. The van der Waals surface area contributed by atoms with Crippen molar-refractivity contribution in [2.24, 2.45) is 10.3 Å². The van der Waals surface area contributed by atoms with Gasteiger partial charge < -0.3 is 4.74 Å². The summed E-state index contributed by atoms with van der Waals surface area (Å²) in [7, 11) is -2.88. The molecule has 8 heteroatoms. The molecule has 0 N–H and O–H groups in total. The maximum atomic E-state index is 13.0. The number of amides is 1. The number of carbonyl (C=O) groups is 1. The molecule has 1 amide bonds. The zero-order valence-electron chi connectivity index (χ0n) is 16.0. The molecule has 3 rings (SSSR count). The van der Waals surface area contributed by atoms with Crippen LogP contribution in [-0.4, -0.2) is 21.3 Å². The monoisotopic (exact) mass is 402 g/mol. The quantitative estimate of drug-likeness (QED) is 0.529. The number of ether oxygens (including phenoxy) is 1. The van der Waals surface area contributed by atoms with Gasteiger partial charge in [-0.05, 0) is 56.5 Å². The summed E-state index contributed by atoms with van der Waals surface area (Å²) in [5.41, 5.74) is 1.13. The molecule has 0 saturated heterocycles. The number of hydrogen-bond donors (Lipinski definition) is 0. The van der Waals surface area contributed by atoms with Crippen LogP contribution in [0.3, 0.4) is 0 Å². The molecular formula is C20H22N2O5S. The molecule has 0 bridgehead atoms. The second kappa shape index (κ2) is 7.71. The van der Waals surface area contributed by atoms with Crippen molar-refractivity contribution in [2.45, 2.75) is 38.0 Å². The normalized spacial score (nSPS) is 16.0. The van der Waals surface area contributed by atoms with Crippen molar-refractivity contribution in [3.8, 4) is 11.5 Å². The van der Waals surface area contributed by atoms with Crippen LogP contribution in [0.1, 0.15) is 30.4 Å². The van der Waals surface area contributed by atoms with E-state index in [9.17, 15) is 19.1 Å². The Labute approximate surface area is 164 Å². The van der Waals surface area contributed by atoms with E-state index in [4.69, 9.17) is 4.74 Å². The average Bonchev–Trinajstić information content (AvgIpc) is 2.55. The molecule has 28 heavy (non-hydrogen) atoms. The van der Waals surface area contributed by atoms with Crippen molar-refractivity contribution in [2.75, 3.05) is 6.26 Å². The number of benzene rings is 2. The van der Waals surface area contributed by atoms with Gasteiger partial charge in [0.25, 0.3) is 11.6 Å². The number of nitrogens with zero attached hydrogens (tertiary/aromatic N) is 2. The number of carbonyl (C=O) groups excluding carboxylic acids is 1. The molecule has 1 fully saturated rings. The fraction of sp³-hybridized carbons (Fsp3) is 0.350. The van der Waals surface area contributed by atoms with Crippen LogP contribution >= 0.6 is 0 Å². The third kappa shape index (κ3) is 4.22. The molecule has 0 spiro atoms. The van der Waals surface area contributed by atoms with E-state index in [-0.39, 0.29) is 17.5 Å². The molecule has 0 heterocycles. The first-order chi connectivity index (χ1) is 13.2. The van der Waals surface area contributed by atoms with Crippen LogP contribution in [0.25, 0.3) is 0 Å². The number of aryl methyl sites for hydroxylation is 2. The highest BCUT2D eigenvalue weighted by atomic mass is 32.2. The summed E-state index contributed by atoms with van der Waals surface area (Å²) < 4.78 is 22.8. The third-order valence-corrected chi connectivity index (χ3v) is 6.54. The SMILES string of the molecule is Cc1cc([N+](=O)[O-])c(C)cc1Oc1cccc(S(C)(=O)=NC(=O)C2CCC2)c1. The van der Waals surface area contributed by atoms with Crippen LogP contribution < -0.4 is 4.74 Å². The summed E-state index contributed by atoms with van der Waals surface area (Å²) in [4.78, 5) is 23.2. The summed E-state index contributed by atoms with van der Waals surface area (Å²) in [6.07, 6.45) is 4.07. The minimum Gasteiger partial charge on any atom is -0.457 e. The van der Waals surface area contributed by atoms with E-state index in [0.29, 0.717) is 27.5 Å². The number of nitro benzene ring substituents is 1. The van der Waals surface area contributed by atoms with Gasteiger partial charge in [0, 0.05) is 23.8 Å². The molecule has 0 aliphatic heterocycles. The molecule has 1 unspecified atom stereocenters. The van der Waals surface area contributed by atoms with Crippen LogP contribution in [0.4, 0.5) is 5.69 Å². The van der Waals surface area contributed by atoms with Gasteiger partial charge in [-0.25, -0.2) is 4.21 Å². The van der Waals surface area contributed by atoms with Gasteiger partial charge in [0.1, 0.15) is 11.5 Å². The van der Waals surface area contributed by atoms with Crippen LogP contribution in [0.15, 0.2) is 45.7 Å². The fourth-order valence-electron chi connectivity index (χ4n) is 2.94. The van der Waals surface area contributed by atoms with E-state index < -0.39 is 14.7 Å². The Bertz CT molecular complexity index is 1070. The Hall–Kier alpha value is -2.74. The molecule has 1 saturated carbocycles. The zero-order chi connectivity index (χ0) is 20.5. The van der Waals surface area contributed by atoms with Crippen LogP contribution in [0.2, 0.25) is 0 Å². The largest absolute Gasteiger partial charge is 0.457 e. The number of nitro groups is 1. The number of hydrogen-bond acceptors (Lipinski definition) is 5. The molecule has 1 aliphatic carbocycles. The lowest BCUT2D eigenvalue weighted by Crippen LogP contribution is -2.21. The standard InChI is InChI=1S/C20H22N2O5S/c1-13-11-19(14(2)10-18(13)22(24)25)27-16-8-5-9-17(12-16)28(3,26)21-20(23)15-6-4-7-15/h5,8-12,15H,4,6-7H2,1-3H3. The van der Waals surface area contributed by atoms with Gasteiger partial charge >= 0.3 is 0 Å². The molecule has 0 aromatic heterocycles. The second-order valence-electron chi connectivity index (χ2n) is 7.10. The minimum atomic E-state index is -2.88. The van der Waals surface area contributed by atoms with Gasteiger partial charge in [-0.2, -0.15) is 4.36 Å². The summed E-state index contributed by atoms with van der Waals surface area (Å²) in [6, 6.07) is 9.70. The topological polar surface area (TPSA) is 98.9 Å². The molecule has 0 radical (unpaired) electrons. The smallest absolute Gasteiger partial charge is 0.272 e. The van der Waals surface area contributed by atoms with Crippen molar-refractivity contribution in [3.05, 3.63) is 57.6 Å². The highest BCUT2D eigenvalue weighted by Gasteiger charge is 2.26. The van der Waals surface area contributed by atoms with Gasteiger partial charge in [-0.1, -0.05) is 12.5 Å². The Kier molecular flexibility index (Phi) is 5.51. The van der Waals surface area contributed by atoms with Crippen molar-refractivity contribution < 1.29 is 18.7 Å². The zero-order valence-corrected chi connectivity index (χ0v) is 16.8. The van der Waals surface area contributed by atoms with Gasteiger partial charge in [0.2, 0.25) is 0 Å². The Morgan fingerprint density at radius 2 is 1.93 bits per heavy atom. The molecular weight excluding hydrogens is 380 g/mol. The fourth-order valence-corrected chi connectivity index (χ4v) is 4.20. The van der Waals surface area contributed by atoms with Gasteiger partial charge in [-0.3, -0.25) is 14.9 Å². The maximum absolute atomic E-state index is 13.0. The lowest BCUT2D eigenvalue weighted by Gasteiger charge is -2.21. The highest BCUT2D eigenvalue weighted by Crippen LogP contribution is 2.32. The van der Waals surface area contributed by atoms with E-state index in [1.807, 2.05) is 0 Å². The predicted octanol–water partition coefficient (Wildman–Crippen LogP) is 4.79. The molecule has 2 aromatic carbocycles. The van der Waals surface area contributed by atoms with Crippen molar-refractivity contribution in [3.63, 3.8) is 0 Å². The first-order valence-electron chi connectivity index (χ1n) is 8.97. The van der Waals surface area contributed by atoms with E-state index >= 15 is 0 Å². The molecule has 2 aromatic rings. The van der Waals surface area contributed by atoms with E-state index in [1.165, 1.54) is 12.3 Å². The average molecular weight is 402 g/mol. The second-order valence-corrected chi connectivity index (χ2v) is 9.36. The minimum absolute atomic E-state index is 0.0310. The Morgan fingerprint density at radius 1 is 1.21 bits per heavy atom. The maximum Gasteiger partial charge on any atom is 0.272 e. The van der Waals surface area contributed by atoms with Crippen LogP contribution in [0.5, 0.6) is 11.5 Å². The highest BCUT2D eigenvalue weighted by molar-refractivity contribution is 7.93. The first kappa shape index (κ1) is 20.0. The molecule has 148 valence electrons. The van der Waals surface area contributed by atoms with Crippen LogP contribution in [-0.2, 0) is 14.5 Å². The molecule has 1 atom stereocenters. The Balaban J connectivity index is 1.89. The summed E-state index contributed by atoms with van der Waals surface area (Å²) >= 11 is 0. The molecule has 1 aliphatic rings. The van der Waals surface area contributed by atoms with Crippen molar-refractivity contribution >= 4 is 21.3 Å². The third-order valence-electron chi connectivity index (χ3n) is 4.88. The van der Waals surface area contributed by atoms with E-state index in [2.05, 4.69) is 4.36 Å². The van der Waals surface area contributed by atoms with Crippen molar-refractivity contribution in [1.82, 2.24) is 0 Å². The summed E-state index contributed by atoms with van der Waals surface area (Å²) in [6.45, 7) is 3.37. The predicted molar refractivity (Wildman–Crippen MR) is 106 cm³/mol. The van der Waals surface area contributed by atoms with Gasteiger partial charge in [-0.15, -0.1) is 0 Å². The number of rotatable bonds is 5. The first-order valence-corrected chi connectivity index (χ1v) is 10.9.